The summed E-state index contributed by atoms with van der Waals surface area (Å²) in [6, 6.07) is 0.399. The molecule has 2 aliphatic heterocycles. The molecule has 2 saturated heterocycles. The number of hydrogen-bond acceptors (Lipinski definition) is 2. The minimum absolute atomic E-state index is 0.264. The van der Waals surface area contributed by atoms with Crippen molar-refractivity contribution in [2.75, 3.05) is 6.54 Å². The van der Waals surface area contributed by atoms with E-state index in [2.05, 4.69) is 6.58 Å². The molecule has 0 spiro atoms. The molecule has 1 amide bonds. The van der Waals surface area contributed by atoms with Crippen LogP contribution in [0.15, 0.2) is 12.7 Å². The van der Waals surface area contributed by atoms with Gasteiger partial charge in [-0.25, -0.2) is 0 Å². The second-order valence-electron chi connectivity index (χ2n) is 4.66. The summed E-state index contributed by atoms with van der Waals surface area (Å²) in [7, 11) is 0. The highest BCUT2D eigenvalue weighted by atomic mass is 16.3. The normalized spacial score (nSPS) is 32.6. The molecule has 2 rings (SSSR count). The topological polar surface area (TPSA) is 40.5 Å². The summed E-state index contributed by atoms with van der Waals surface area (Å²) in [5.41, 5.74) is 0. The van der Waals surface area contributed by atoms with Crippen LogP contribution in [-0.4, -0.2) is 34.6 Å². The van der Waals surface area contributed by atoms with Crippen molar-refractivity contribution < 1.29 is 9.90 Å². The Kier molecular flexibility index (Phi) is 3.10. The molecule has 0 unspecified atom stereocenters. The number of amides is 1. The van der Waals surface area contributed by atoms with Gasteiger partial charge < -0.3 is 10.0 Å². The molecule has 0 aromatic carbocycles. The molecular weight excluding hydrogens is 190 g/mol. The van der Waals surface area contributed by atoms with Crippen molar-refractivity contribution >= 4 is 5.91 Å². The fraction of sp³-hybridized carbons (Fsp3) is 0.750. The van der Waals surface area contributed by atoms with Gasteiger partial charge in [-0.2, -0.15) is 0 Å². The maximum absolute atomic E-state index is 11.5. The lowest BCUT2D eigenvalue weighted by Gasteiger charge is -2.36. The van der Waals surface area contributed by atoms with Gasteiger partial charge in [0.05, 0.1) is 6.10 Å². The maximum atomic E-state index is 11.5. The van der Waals surface area contributed by atoms with Gasteiger partial charge in [0.1, 0.15) is 0 Å². The Morgan fingerprint density at radius 3 is 3.13 bits per heavy atom. The fourth-order valence-electron chi connectivity index (χ4n) is 2.83. The zero-order chi connectivity index (χ0) is 10.8. The first kappa shape index (κ1) is 10.7. The van der Waals surface area contributed by atoms with Gasteiger partial charge in [0.2, 0.25) is 5.91 Å². The Bertz CT molecular complexity index is 264. The van der Waals surface area contributed by atoms with Crippen LogP contribution in [-0.2, 0) is 4.79 Å². The predicted molar refractivity (Wildman–Crippen MR) is 58.3 cm³/mol. The zero-order valence-electron chi connectivity index (χ0n) is 9.06. The van der Waals surface area contributed by atoms with Crippen LogP contribution < -0.4 is 0 Å². The smallest absolute Gasteiger partial charge is 0.222 e. The third-order valence-corrected chi connectivity index (χ3v) is 3.72. The first-order valence-electron chi connectivity index (χ1n) is 5.80. The van der Waals surface area contributed by atoms with E-state index in [1.54, 1.807) is 6.08 Å². The van der Waals surface area contributed by atoms with Crippen LogP contribution in [0.1, 0.15) is 32.1 Å². The van der Waals surface area contributed by atoms with Crippen LogP contribution in [0.2, 0.25) is 0 Å². The number of piperidine rings is 1. The minimum Gasteiger partial charge on any atom is -0.393 e. The van der Waals surface area contributed by atoms with Gasteiger partial charge in [0, 0.05) is 19.0 Å². The summed E-state index contributed by atoms with van der Waals surface area (Å²) in [5, 5.41) is 9.89. The largest absolute Gasteiger partial charge is 0.393 e. The van der Waals surface area contributed by atoms with E-state index in [1.807, 2.05) is 4.90 Å². The van der Waals surface area contributed by atoms with Crippen molar-refractivity contribution in [3.8, 4) is 0 Å². The molecule has 2 fully saturated rings. The lowest BCUT2D eigenvalue weighted by Crippen LogP contribution is -2.43. The second kappa shape index (κ2) is 4.35. The Labute approximate surface area is 90.8 Å². The summed E-state index contributed by atoms with van der Waals surface area (Å²) in [6.45, 7) is 4.49. The summed E-state index contributed by atoms with van der Waals surface area (Å²) in [4.78, 5) is 13.5. The number of hydrogen-bond donors (Lipinski definition) is 1. The van der Waals surface area contributed by atoms with Crippen LogP contribution in [0, 0.1) is 5.92 Å². The Balaban J connectivity index is 1.93. The lowest BCUT2D eigenvalue weighted by atomic mass is 9.85. The van der Waals surface area contributed by atoms with Crippen LogP contribution >= 0.6 is 0 Å². The Hall–Kier alpha value is -0.830. The van der Waals surface area contributed by atoms with E-state index in [4.69, 9.17) is 0 Å². The van der Waals surface area contributed by atoms with Gasteiger partial charge in [-0.1, -0.05) is 6.08 Å². The molecule has 0 aromatic rings. The van der Waals surface area contributed by atoms with Crippen molar-refractivity contribution in [3.05, 3.63) is 12.7 Å². The molecule has 3 heteroatoms. The molecule has 2 aliphatic rings. The molecule has 3 nitrogen and oxygen atoms in total. The average Bonchev–Trinajstić information content (AvgIpc) is 2.60. The third kappa shape index (κ3) is 2.07. The SMILES string of the molecule is C=CC[C@H](O)[C@H]1CCN2C(=O)CC[C@H]2C1. The number of rotatable bonds is 3. The maximum Gasteiger partial charge on any atom is 0.222 e. The average molecular weight is 209 g/mol. The first-order chi connectivity index (χ1) is 7.22. The lowest BCUT2D eigenvalue weighted by molar-refractivity contribution is -0.130. The highest BCUT2D eigenvalue weighted by Gasteiger charge is 2.37. The van der Waals surface area contributed by atoms with E-state index in [1.165, 1.54) is 0 Å². The molecule has 3 atom stereocenters. The van der Waals surface area contributed by atoms with Crippen molar-refractivity contribution in [2.45, 2.75) is 44.2 Å². The van der Waals surface area contributed by atoms with Crippen LogP contribution in [0.4, 0.5) is 0 Å². The zero-order valence-corrected chi connectivity index (χ0v) is 9.06. The Morgan fingerprint density at radius 2 is 2.40 bits per heavy atom. The summed E-state index contributed by atoms with van der Waals surface area (Å²) in [6.07, 6.45) is 5.78. The minimum atomic E-state index is -0.264. The molecule has 0 aromatic heterocycles. The highest BCUT2D eigenvalue weighted by molar-refractivity contribution is 5.78. The third-order valence-electron chi connectivity index (χ3n) is 3.72. The van der Waals surface area contributed by atoms with E-state index >= 15 is 0 Å². The Morgan fingerprint density at radius 1 is 1.60 bits per heavy atom. The van der Waals surface area contributed by atoms with E-state index in [-0.39, 0.29) is 6.10 Å². The van der Waals surface area contributed by atoms with E-state index < -0.39 is 0 Å². The van der Waals surface area contributed by atoms with Crippen molar-refractivity contribution in [3.63, 3.8) is 0 Å². The number of fused-ring (bicyclic) bond motifs is 1. The van der Waals surface area contributed by atoms with Crippen LogP contribution in [0.25, 0.3) is 0 Å². The van der Waals surface area contributed by atoms with Gasteiger partial charge >= 0.3 is 0 Å². The number of aliphatic hydroxyl groups excluding tert-OH is 1. The van der Waals surface area contributed by atoms with Crippen LogP contribution in [0.5, 0.6) is 0 Å². The van der Waals surface area contributed by atoms with Gasteiger partial charge in [0.25, 0.3) is 0 Å². The van der Waals surface area contributed by atoms with Gasteiger partial charge in [-0.3, -0.25) is 4.79 Å². The summed E-state index contributed by atoms with van der Waals surface area (Å²) in [5.74, 6) is 0.659. The standard InChI is InChI=1S/C12H19NO2/c1-2-3-11(14)9-6-7-13-10(8-9)4-5-12(13)15/h2,9-11,14H,1,3-8H2/t9-,10-,11-/m0/s1. The van der Waals surface area contributed by atoms with Crippen LogP contribution in [0.3, 0.4) is 0 Å². The van der Waals surface area contributed by atoms with Gasteiger partial charge in [-0.15, -0.1) is 6.58 Å². The fourth-order valence-corrected chi connectivity index (χ4v) is 2.83. The molecule has 2 heterocycles. The molecule has 1 N–H and O–H groups in total. The monoisotopic (exact) mass is 209 g/mol. The first-order valence-corrected chi connectivity index (χ1v) is 5.80. The van der Waals surface area contributed by atoms with Crippen molar-refractivity contribution in [1.29, 1.82) is 0 Å². The second-order valence-corrected chi connectivity index (χ2v) is 4.66. The predicted octanol–water partition coefficient (Wildman–Crippen LogP) is 1.32. The molecule has 15 heavy (non-hydrogen) atoms. The molecule has 84 valence electrons. The summed E-state index contributed by atoms with van der Waals surface area (Å²) < 4.78 is 0. The number of carbonyl (C=O) groups excluding carboxylic acids is 1. The van der Waals surface area contributed by atoms with Gasteiger partial charge in [0.15, 0.2) is 0 Å². The molecule has 0 bridgehead atoms. The van der Waals surface area contributed by atoms with Crippen molar-refractivity contribution in [1.82, 2.24) is 4.90 Å². The number of carbonyl (C=O) groups is 1. The number of aliphatic hydroxyl groups is 1. The quantitative estimate of drug-likeness (QED) is 0.712. The molecule has 0 saturated carbocycles. The summed E-state index contributed by atoms with van der Waals surface area (Å²) >= 11 is 0. The van der Waals surface area contributed by atoms with Crippen molar-refractivity contribution in [2.24, 2.45) is 5.92 Å². The molecular formula is C12H19NO2. The van der Waals surface area contributed by atoms with E-state index in [0.717, 1.165) is 25.8 Å². The van der Waals surface area contributed by atoms with Gasteiger partial charge in [-0.05, 0) is 31.6 Å². The van der Waals surface area contributed by atoms with E-state index in [0.29, 0.717) is 30.7 Å². The number of nitrogens with zero attached hydrogens (tertiary/aromatic N) is 1. The molecule has 0 radical (unpaired) electrons. The van der Waals surface area contributed by atoms with E-state index in [9.17, 15) is 9.90 Å². The molecule has 0 aliphatic carbocycles. The highest BCUT2D eigenvalue weighted by Crippen LogP contribution is 2.33.